The van der Waals surface area contributed by atoms with Crippen LogP contribution in [0.3, 0.4) is 0 Å². The second-order valence-electron chi connectivity index (χ2n) is 3.34. The van der Waals surface area contributed by atoms with Gasteiger partial charge < -0.3 is 14.8 Å². The van der Waals surface area contributed by atoms with Crippen molar-refractivity contribution in [1.29, 1.82) is 0 Å². The van der Waals surface area contributed by atoms with Crippen molar-refractivity contribution in [3.8, 4) is 22.6 Å². The van der Waals surface area contributed by atoms with E-state index in [2.05, 4.69) is 9.72 Å². The highest BCUT2D eigenvalue weighted by molar-refractivity contribution is 5.64. The lowest BCUT2D eigenvalue weighted by atomic mass is 10.1. The summed E-state index contributed by atoms with van der Waals surface area (Å²) in [6.45, 7) is 0.348. The molecular weight excluding hydrogens is 222 g/mol. The monoisotopic (exact) mass is 231 g/mol. The summed E-state index contributed by atoms with van der Waals surface area (Å²) in [7, 11) is 0. The number of aromatic amines is 1. The molecule has 0 spiro atoms. The smallest absolute Gasteiger partial charge is 0.298 e. The number of aromatic nitrogens is 1. The molecular formula is C12H9NO4. The number of H-pyrrole nitrogens is 1. The average Bonchev–Trinajstić information content (AvgIpc) is 2.34. The van der Waals surface area contributed by atoms with Gasteiger partial charge in [-0.25, -0.2) is 0 Å². The number of nitrogens with one attached hydrogen (secondary N) is 1. The van der Waals surface area contributed by atoms with Crippen molar-refractivity contribution >= 4 is 6.47 Å². The summed E-state index contributed by atoms with van der Waals surface area (Å²) in [6, 6.07) is 8.03. The van der Waals surface area contributed by atoms with Gasteiger partial charge in [-0.3, -0.25) is 9.59 Å². The molecule has 1 heterocycles. The Morgan fingerprint density at radius 1 is 1.18 bits per heavy atom. The predicted octanol–water partition coefficient (Wildman–Crippen LogP) is 1.28. The Kier molecular flexibility index (Phi) is 2.91. The van der Waals surface area contributed by atoms with Crippen LogP contribution in [0.15, 0.2) is 41.3 Å². The zero-order chi connectivity index (χ0) is 12.3. The van der Waals surface area contributed by atoms with E-state index in [9.17, 15) is 14.7 Å². The van der Waals surface area contributed by atoms with E-state index in [-0.39, 0.29) is 5.75 Å². The summed E-state index contributed by atoms with van der Waals surface area (Å²) in [5.74, 6) is 0.0908. The number of ether oxygens (including phenoxy) is 1. The number of carbonyl (C=O) groups excluding carboxylic acids is 1. The van der Waals surface area contributed by atoms with Crippen LogP contribution in [-0.2, 0) is 4.79 Å². The molecule has 2 aromatic rings. The summed E-state index contributed by atoms with van der Waals surface area (Å²) in [6.07, 6.45) is 1.50. The van der Waals surface area contributed by atoms with E-state index in [1.54, 1.807) is 24.3 Å². The van der Waals surface area contributed by atoms with Crippen LogP contribution < -0.4 is 10.3 Å². The minimum atomic E-state index is -0.533. The number of hydrogen-bond acceptors (Lipinski definition) is 4. The van der Waals surface area contributed by atoms with E-state index in [0.717, 1.165) is 5.56 Å². The van der Waals surface area contributed by atoms with Crippen molar-refractivity contribution in [2.75, 3.05) is 0 Å². The lowest BCUT2D eigenvalue weighted by Gasteiger charge is -2.03. The van der Waals surface area contributed by atoms with Crippen LogP contribution in [0.5, 0.6) is 11.5 Å². The Balaban J connectivity index is 2.36. The molecule has 0 aliphatic rings. The van der Waals surface area contributed by atoms with E-state index < -0.39 is 5.56 Å². The highest BCUT2D eigenvalue weighted by Crippen LogP contribution is 2.22. The predicted molar refractivity (Wildman–Crippen MR) is 60.9 cm³/mol. The number of pyridine rings is 1. The molecule has 0 atom stereocenters. The third-order valence-electron chi connectivity index (χ3n) is 2.26. The first-order chi connectivity index (χ1) is 8.20. The van der Waals surface area contributed by atoms with Crippen molar-refractivity contribution < 1.29 is 14.6 Å². The average molecular weight is 231 g/mol. The zero-order valence-electron chi connectivity index (χ0n) is 8.71. The molecule has 0 radical (unpaired) electrons. The summed E-state index contributed by atoms with van der Waals surface area (Å²) < 4.78 is 4.65. The van der Waals surface area contributed by atoms with Crippen LogP contribution in [0.25, 0.3) is 11.1 Å². The topological polar surface area (TPSA) is 79.4 Å². The van der Waals surface area contributed by atoms with Crippen molar-refractivity contribution in [3.63, 3.8) is 0 Å². The van der Waals surface area contributed by atoms with Crippen LogP contribution in [0.2, 0.25) is 0 Å². The largest absolute Gasteiger partial charge is 0.503 e. The molecule has 86 valence electrons. The summed E-state index contributed by atoms with van der Waals surface area (Å²) in [5, 5.41) is 9.29. The van der Waals surface area contributed by atoms with Gasteiger partial charge in [-0.1, -0.05) is 12.1 Å². The normalized spacial score (nSPS) is 9.88. The maximum absolute atomic E-state index is 11.0. The third kappa shape index (κ3) is 2.34. The van der Waals surface area contributed by atoms with Crippen molar-refractivity contribution in [3.05, 3.63) is 46.9 Å². The molecule has 17 heavy (non-hydrogen) atoms. The lowest BCUT2D eigenvalue weighted by molar-refractivity contribution is -0.120. The number of aromatic hydroxyl groups is 1. The first kappa shape index (κ1) is 10.9. The van der Waals surface area contributed by atoms with E-state index in [1.807, 2.05) is 0 Å². The second kappa shape index (κ2) is 4.52. The fourth-order valence-electron chi connectivity index (χ4n) is 1.42. The summed E-state index contributed by atoms with van der Waals surface area (Å²) >= 11 is 0. The molecule has 5 nitrogen and oxygen atoms in total. The Morgan fingerprint density at radius 2 is 1.88 bits per heavy atom. The van der Waals surface area contributed by atoms with Crippen molar-refractivity contribution in [1.82, 2.24) is 4.98 Å². The Morgan fingerprint density at radius 3 is 2.47 bits per heavy atom. The molecule has 2 N–H and O–H groups in total. The van der Waals surface area contributed by atoms with Crippen LogP contribution >= 0.6 is 0 Å². The van der Waals surface area contributed by atoms with Gasteiger partial charge >= 0.3 is 0 Å². The summed E-state index contributed by atoms with van der Waals surface area (Å²) in [5.41, 5.74) is 0.921. The molecule has 2 rings (SSSR count). The van der Waals surface area contributed by atoms with Gasteiger partial charge in [0.2, 0.25) is 0 Å². The van der Waals surface area contributed by atoms with E-state index >= 15 is 0 Å². The van der Waals surface area contributed by atoms with E-state index in [0.29, 0.717) is 17.8 Å². The van der Waals surface area contributed by atoms with Gasteiger partial charge in [-0.05, 0) is 23.8 Å². The van der Waals surface area contributed by atoms with Crippen molar-refractivity contribution in [2.45, 2.75) is 0 Å². The van der Waals surface area contributed by atoms with Crippen LogP contribution in [0, 0.1) is 0 Å². The molecule has 0 aliphatic carbocycles. The van der Waals surface area contributed by atoms with E-state index in [4.69, 9.17) is 0 Å². The molecule has 0 fully saturated rings. The van der Waals surface area contributed by atoms with Crippen LogP contribution in [0.1, 0.15) is 0 Å². The van der Waals surface area contributed by atoms with Crippen LogP contribution in [0.4, 0.5) is 0 Å². The van der Waals surface area contributed by atoms with Gasteiger partial charge in [0.05, 0.1) is 0 Å². The van der Waals surface area contributed by atoms with Gasteiger partial charge in [0, 0.05) is 11.8 Å². The molecule has 1 aromatic heterocycles. The number of benzene rings is 1. The molecule has 0 unspecified atom stereocenters. The Hall–Kier alpha value is -2.56. The molecule has 0 amide bonds. The molecule has 1 aromatic carbocycles. The second-order valence-corrected chi connectivity index (χ2v) is 3.34. The number of carbonyl (C=O) groups is 1. The van der Waals surface area contributed by atoms with Gasteiger partial charge in [-0.15, -0.1) is 0 Å². The molecule has 5 heteroatoms. The maximum Gasteiger partial charge on any atom is 0.298 e. The molecule has 0 saturated carbocycles. The van der Waals surface area contributed by atoms with Crippen molar-refractivity contribution in [2.24, 2.45) is 0 Å². The fraction of sp³-hybridized carbons (Fsp3) is 0. The highest BCUT2D eigenvalue weighted by Gasteiger charge is 2.02. The van der Waals surface area contributed by atoms with Crippen LogP contribution in [-0.4, -0.2) is 16.6 Å². The van der Waals surface area contributed by atoms with Gasteiger partial charge in [-0.2, -0.15) is 0 Å². The maximum atomic E-state index is 11.0. The minimum absolute atomic E-state index is 0.337. The first-order valence-electron chi connectivity index (χ1n) is 4.83. The Labute approximate surface area is 96.3 Å². The third-order valence-corrected chi connectivity index (χ3v) is 2.26. The highest BCUT2D eigenvalue weighted by atomic mass is 16.5. The first-order valence-corrected chi connectivity index (χ1v) is 4.83. The minimum Gasteiger partial charge on any atom is -0.503 e. The van der Waals surface area contributed by atoms with Gasteiger partial charge in [0.25, 0.3) is 12.0 Å². The summed E-state index contributed by atoms with van der Waals surface area (Å²) in [4.78, 5) is 23.5. The molecule has 0 bridgehead atoms. The van der Waals surface area contributed by atoms with E-state index in [1.165, 1.54) is 12.3 Å². The number of rotatable bonds is 3. The van der Waals surface area contributed by atoms with Gasteiger partial charge in [0.1, 0.15) is 5.75 Å². The SMILES string of the molecule is O=COc1ccc(-c2c[nH]c(=O)c(O)c2)cc1. The zero-order valence-corrected chi connectivity index (χ0v) is 8.71. The van der Waals surface area contributed by atoms with Gasteiger partial charge in [0.15, 0.2) is 5.75 Å². The Bertz CT molecular complexity index is 586. The standard InChI is InChI=1S/C12H9NO4/c14-7-17-10-3-1-8(2-4-10)9-5-11(15)12(16)13-6-9/h1-7,15H,(H,13,16). The molecule has 0 aliphatic heterocycles. The quantitative estimate of drug-likeness (QED) is 0.780. The lowest BCUT2D eigenvalue weighted by Crippen LogP contribution is -2.03. The number of hydrogen-bond donors (Lipinski definition) is 2. The fourth-order valence-corrected chi connectivity index (χ4v) is 1.42. The molecule has 0 saturated heterocycles.